The fourth-order valence-electron chi connectivity index (χ4n) is 2.94. The molecule has 6 heteroatoms. The molecule has 0 aliphatic heterocycles. The van der Waals surface area contributed by atoms with Crippen LogP contribution in [-0.4, -0.2) is 46.7 Å². The smallest absolute Gasteiger partial charge is 0.255 e. The summed E-state index contributed by atoms with van der Waals surface area (Å²) in [7, 11) is 1.82. The van der Waals surface area contributed by atoms with Gasteiger partial charge >= 0.3 is 0 Å². The Bertz CT molecular complexity index is 543. The van der Waals surface area contributed by atoms with Crippen molar-refractivity contribution in [3.63, 3.8) is 0 Å². The molecule has 0 bridgehead atoms. The van der Waals surface area contributed by atoms with E-state index in [1.165, 1.54) is 6.20 Å². The van der Waals surface area contributed by atoms with Gasteiger partial charge in [-0.1, -0.05) is 11.6 Å². The number of nitrogens with zero attached hydrogens (tertiary/aromatic N) is 2. The molecule has 1 saturated carbocycles. The molecule has 0 aromatic carbocycles. The van der Waals surface area contributed by atoms with Gasteiger partial charge in [0, 0.05) is 25.9 Å². The van der Waals surface area contributed by atoms with Gasteiger partial charge < -0.3 is 14.7 Å². The molecule has 1 aromatic heterocycles. The van der Waals surface area contributed by atoms with Crippen molar-refractivity contribution in [1.82, 2.24) is 9.88 Å². The molecular formula is C17H25ClN2O3. The predicted molar refractivity (Wildman–Crippen MR) is 89.9 cm³/mol. The van der Waals surface area contributed by atoms with Crippen molar-refractivity contribution in [3.05, 3.63) is 22.8 Å². The summed E-state index contributed by atoms with van der Waals surface area (Å²) in [5.74, 6) is 0.644. The summed E-state index contributed by atoms with van der Waals surface area (Å²) in [5, 5.41) is 9.56. The normalized spacial score (nSPS) is 21.3. The lowest BCUT2D eigenvalue weighted by molar-refractivity contribution is 0.0652. The van der Waals surface area contributed by atoms with Crippen molar-refractivity contribution in [2.24, 2.45) is 5.92 Å². The van der Waals surface area contributed by atoms with Gasteiger partial charge in [0.15, 0.2) is 0 Å². The van der Waals surface area contributed by atoms with Gasteiger partial charge in [0.2, 0.25) is 5.88 Å². The second-order valence-corrected chi connectivity index (χ2v) is 6.86. The van der Waals surface area contributed by atoms with E-state index in [1.807, 2.05) is 20.9 Å². The lowest BCUT2D eigenvalue weighted by Crippen LogP contribution is -2.39. The van der Waals surface area contributed by atoms with Crippen molar-refractivity contribution < 1.29 is 14.6 Å². The average Bonchev–Trinajstić information content (AvgIpc) is 2.55. The maximum absolute atomic E-state index is 12.6. The Labute approximate surface area is 142 Å². The van der Waals surface area contributed by atoms with Crippen LogP contribution in [0.15, 0.2) is 12.3 Å². The molecule has 1 aliphatic rings. The molecule has 1 aromatic rings. The maximum Gasteiger partial charge on any atom is 0.255 e. The number of aliphatic hydroxyl groups excluding tert-OH is 1. The number of ether oxygens (including phenoxy) is 1. The van der Waals surface area contributed by atoms with Crippen molar-refractivity contribution in [2.75, 3.05) is 13.7 Å². The van der Waals surface area contributed by atoms with Crippen LogP contribution in [0, 0.1) is 5.92 Å². The highest BCUT2D eigenvalue weighted by Crippen LogP contribution is 2.28. The summed E-state index contributed by atoms with van der Waals surface area (Å²) < 4.78 is 5.49. The first-order chi connectivity index (χ1) is 10.9. The van der Waals surface area contributed by atoms with E-state index in [4.69, 9.17) is 16.3 Å². The number of aliphatic hydroxyl groups is 1. The molecule has 0 radical (unpaired) electrons. The molecule has 0 atom stereocenters. The van der Waals surface area contributed by atoms with Crippen LogP contribution in [0.4, 0.5) is 0 Å². The quantitative estimate of drug-likeness (QED) is 0.894. The number of hydrogen-bond donors (Lipinski definition) is 1. The first-order valence-electron chi connectivity index (χ1n) is 8.12. The topological polar surface area (TPSA) is 62.7 Å². The van der Waals surface area contributed by atoms with Crippen LogP contribution >= 0.6 is 11.6 Å². The molecule has 5 nitrogen and oxygen atoms in total. The summed E-state index contributed by atoms with van der Waals surface area (Å²) in [6.45, 7) is 4.03. The van der Waals surface area contributed by atoms with Gasteiger partial charge in [-0.05, 0) is 51.5 Å². The fraction of sp³-hybridized carbons (Fsp3) is 0.647. The predicted octanol–water partition coefficient (Wildman–Crippen LogP) is 3.15. The van der Waals surface area contributed by atoms with Crippen molar-refractivity contribution in [2.45, 2.75) is 51.7 Å². The van der Waals surface area contributed by atoms with Gasteiger partial charge in [0.25, 0.3) is 5.91 Å². The van der Waals surface area contributed by atoms with Crippen LogP contribution in [0.5, 0.6) is 5.88 Å². The summed E-state index contributed by atoms with van der Waals surface area (Å²) in [6, 6.07) is 1.82. The zero-order valence-corrected chi connectivity index (χ0v) is 14.7. The molecule has 1 heterocycles. The van der Waals surface area contributed by atoms with Crippen molar-refractivity contribution in [1.29, 1.82) is 0 Å². The molecule has 128 valence electrons. The molecule has 1 aliphatic carbocycles. The molecule has 1 N–H and O–H groups in total. The second kappa shape index (κ2) is 7.97. The van der Waals surface area contributed by atoms with E-state index >= 15 is 0 Å². The maximum atomic E-state index is 12.6. The molecule has 2 rings (SSSR count). The number of pyridine rings is 1. The van der Waals surface area contributed by atoms with Gasteiger partial charge in [-0.25, -0.2) is 4.98 Å². The van der Waals surface area contributed by atoms with Crippen LogP contribution < -0.4 is 4.74 Å². The Morgan fingerprint density at radius 1 is 1.43 bits per heavy atom. The van der Waals surface area contributed by atoms with Crippen LogP contribution in [0.25, 0.3) is 0 Å². The van der Waals surface area contributed by atoms with Crippen molar-refractivity contribution >= 4 is 17.5 Å². The minimum absolute atomic E-state index is 0.0223. The minimum atomic E-state index is -0.0806. The highest BCUT2D eigenvalue weighted by atomic mass is 35.5. The van der Waals surface area contributed by atoms with E-state index in [2.05, 4.69) is 4.98 Å². The van der Waals surface area contributed by atoms with Crippen LogP contribution in [0.1, 0.15) is 49.9 Å². The van der Waals surface area contributed by atoms with E-state index < -0.39 is 0 Å². The third-order valence-electron chi connectivity index (χ3n) is 4.34. The number of carbonyl (C=O) groups is 1. The molecule has 0 unspecified atom stereocenters. The molecular weight excluding hydrogens is 316 g/mol. The Hall–Kier alpha value is -1.33. The highest BCUT2D eigenvalue weighted by Gasteiger charge is 2.27. The van der Waals surface area contributed by atoms with Crippen molar-refractivity contribution in [3.8, 4) is 5.88 Å². The molecule has 0 spiro atoms. The summed E-state index contributed by atoms with van der Waals surface area (Å²) in [4.78, 5) is 18.5. The van der Waals surface area contributed by atoms with Crippen LogP contribution in [0.2, 0.25) is 5.02 Å². The fourth-order valence-corrected chi connectivity index (χ4v) is 3.15. The molecule has 1 fully saturated rings. The first kappa shape index (κ1) is 18.0. The molecule has 23 heavy (non-hydrogen) atoms. The Kier molecular flexibility index (Phi) is 6.25. The van der Waals surface area contributed by atoms with Crippen LogP contribution in [-0.2, 0) is 0 Å². The van der Waals surface area contributed by atoms with E-state index in [1.54, 1.807) is 11.0 Å². The first-order valence-corrected chi connectivity index (χ1v) is 8.50. The van der Waals surface area contributed by atoms with Gasteiger partial charge in [-0.2, -0.15) is 0 Å². The average molecular weight is 341 g/mol. The zero-order valence-electron chi connectivity index (χ0n) is 14.0. The highest BCUT2D eigenvalue weighted by molar-refractivity contribution is 6.32. The van der Waals surface area contributed by atoms with E-state index in [-0.39, 0.29) is 24.7 Å². The lowest BCUT2D eigenvalue weighted by atomic mass is 9.86. The number of rotatable bonds is 5. The van der Waals surface area contributed by atoms with Gasteiger partial charge in [-0.15, -0.1) is 0 Å². The van der Waals surface area contributed by atoms with Crippen LogP contribution in [0.3, 0.4) is 0 Å². The largest absolute Gasteiger partial charge is 0.474 e. The van der Waals surface area contributed by atoms with Gasteiger partial charge in [0.1, 0.15) is 5.02 Å². The standard InChI is InChI=1S/C17H25ClN2O3/c1-11(2)23-16-15(18)8-13(9-19-16)17(22)20(3)14-6-4-12(10-21)5-7-14/h8-9,11-12,14,21H,4-7,10H2,1-3H3. The Morgan fingerprint density at radius 2 is 2.09 bits per heavy atom. The Balaban J connectivity index is 2.03. The number of aromatic nitrogens is 1. The Morgan fingerprint density at radius 3 is 2.61 bits per heavy atom. The summed E-state index contributed by atoms with van der Waals surface area (Å²) in [5.41, 5.74) is 0.470. The van der Waals surface area contributed by atoms with E-state index in [0.29, 0.717) is 22.4 Å². The van der Waals surface area contributed by atoms with Gasteiger partial charge in [0.05, 0.1) is 11.7 Å². The summed E-state index contributed by atoms with van der Waals surface area (Å²) in [6.07, 6.45) is 5.25. The number of hydrogen-bond acceptors (Lipinski definition) is 4. The third kappa shape index (κ3) is 4.58. The molecule has 0 saturated heterocycles. The monoisotopic (exact) mass is 340 g/mol. The number of amides is 1. The lowest BCUT2D eigenvalue weighted by Gasteiger charge is -2.34. The number of carbonyl (C=O) groups excluding carboxylic acids is 1. The zero-order chi connectivity index (χ0) is 17.0. The van der Waals surface area contributed by atoms with E-state index in [9.17, 15) is 9.90 Å². The second-order valence-electron chi connectivity index (χ2n) is 6.45. The van der Waals surface area contributed by atoms with Gasteiger partial charge in [-0.3, -0.25) is 4.79 Å². The number of halogens is 1. The van der Waals surface area contributed by atoms with E-state index in [0.717, 1.165) is 25.7 Å². The summed E-state index contributed by atoms with van der Waals surface area (Å²) >= 11 is 6.16. The minimum Gasteiger partial charge on any atom is -0.474 e. The molecule has 1 amide bonds. The SMILES string of the molecule is CC(C)Oc1ncc(C(=O)N(C)C2CCC(CO)CC2)cc1Cl. The third-order valence-corrected chi connectivity index (χ3v) is 4.62.